The summed E-state index contributed by atoms with van der Waals surface area (Å²) in [5, 5.41) is 10.0. The lowest BCUT2D eigenvalue weighted by Gasteiger charge is -2.16. The maximum absolute atomic E-state index is 8.88. The first kappa shape index (κ1) is 15.3. The van der Waals surface area contributed by atoms with E-state index in [1.807, 2.05) is 37.3 Å². The van der Waals surface area contributed by atoms with Crippen LogP contribution >= 0.6 is 0 Å². The molecular weight excluding hydrogens is 260 g/mol. The minimum Gasteiger partial charge on any atom is -0.392 e. The Bertz CT molecular complexity index is 647. The molecule has 0 fully saturated rings. The minimum atomic E-state index is 0.0708. The smallest absolute Gasteiger partial charge is 0.0705 e. The van der Waals surface area contributed by atoms with Crippen molar-refractivity contribution in [1.82, 2.24) is 9.88 Å². The standard InChI is InChI=1S/C18H22N2O/c1-3-11-20(2)14-16-13-15-8-4-5-9-17(15)19-18(16)10-6-7-12-21/h3-9,11,13,21H,10,12,14H2,1-2H3/b7-6+,11-3+. The number of aliphatic hydroxyl groups is 1. The maximum Gasteiger partial charge on any atom is 0.0705 e. The summed E-state index contributed by atoms with van der Waals surface area (Å²) in [6, 6.07) is 10.4. The lowest BCUT2D eigenvalue weighted by Crippen LogP contribution is -2.12. The fourth-order valence-corrected chi connectivity index (χ4v) is 2.36. The third-order valence-corrected chi connectivity index (χ3v) is 3.30. The highest BCUT2D eigenvalue weighted by molar-refractivity contribution is 5.79. The normalized spacial score (nSPS) is 11.8. The lowest BCUT2D eigenvalue weighted by atomic mass is 10.1. The molecule has 0 amide bonds. The molecule has 1 aromatic heterocycles. The molecule has 0 aliphatic heterocycles. The highest BCUT2D eigenvalue weighted by Crippen LogP contribution is 2.19. The second-order valence-electron chi connectivity index (χ2n) is 5.04. The van der Waals surface area contributed by atoms with E-state index < -0.39 is 0 Å². The van der Waals surface area contributed by atoms with Gasteiger partial charge in [-0.15, -0.1) is 0 Å². The van der Waals surface area contributed by atoms with Gasteiger partial charge in [-0.25, -0.2) is 0 Å². The molecule has 110 valence electrons. The van der Waals surface area contributed by atoms with E-state index in [2.05, 4.69) is 30.3 Å². The van der Waals surface area contributed by atoms with Crippen LogP contribution in [0.5, 0.6) is 0 Å². The van der Waals surface area contributed by atoms with E-state index in [0.717, 1.165) is 29.6 Å². The van der Waals surface area contributed by atoms with E-state index in [9.17, 15) is 0 Å². The zero-order chi connectivity index (χ0) is 15.1. The summed E-state index contributed by atoms with van der Waals surface area (Å²) in [5.41, 5.74) is 3.30. The van der Waals surface area contributed by atoms with Crippen molar-refractivity contribution < 1.29 is 5.11 Å². The van der Waals surface area contributed by atoms with Gasteiger partial charge in [0.15, 0.2) is 0 Å². The van der Waals surface area contributed by atoms with Crippen LogP contribution in [0.1, 0.15) is 18.2 Å². The molecule has 0 saturated carbocycles. The van der Waals surface area contributed by atoms with Crippen LogP contribution in [0.4, 0.5) is 0 Å². The number of rotatable bonds is 6. The van der Waals surface area contributed by atoms with Gasteiger partial charge >= 0.3 is 0 Å². The molecule has 0 aliphatic carbocycles. The van der Waals surface area contributed by atoms with Crippen LogP contribution in [0.25, 0.3) is 10.9 Å². The zero-order valence-electron chi connectivity index (χ0n) is 12.7. The molecule has 1 heterocycles. The van der Waals surface area contributed by atoms with Gasteiger partial charge in [-0.05, 0) is 30.8 Å². The SMILES string of the molecule is C/C=C/N(C)Cc1cc2ccccc2nc1C/C=C/CO. The van der Waals surface area contributed by atoms with Crippen molar-refractivity contribution in [2.24, 2.45) is 0 Å². The highest BCUT2D eigenvalue weighted by Gasteiger charge is 2.07. The maximum atomic E-state index is 8.88. The predicted molar refractivity (Wildman–Crippen MR) is 88.0 cm³/mol. The van der Waals surface area contributed by atoms with Gasteiger partial charge in [0.05, 0.1) is 12.1 Å². The number of nitrogens with zero attached hydrogens (tertiary/aromatic N) is 2. The summed E-state index contributed by atoms with van der Waals surface area (Å²) in [4.78, 5) is 6.92. The van der Waals surface area contributed by atoms with Gasteiger partial charge < -0.3 is 10.0 Å². The Morgan fingerprint density at radius 2 is 2.05 bits per heavy atom. The van der Waals surface area contributed by atoms with Crippen LogP contribution in [0.3, 0.4) is 0 Å². The molecule has 0 radical (unpaired) electrons. The second-order valence-corrected chi connectivity index (χ2v) is 5.04. The van der Waals surface area contributed by atoms with Crippen molar-refractivity contribution in [1.29, 1.82) is 0 Å². The van der Waals surface area contributed by atoms with Crippen LogP contribution in [-0.2, 0) is 13.0 Å². The molecule has 1 N–H and O–H groups in total. The van der Waals surface area contributed by atoms with E-state index in [1.165, 1.54) is 5.56 Å². The molecule has 0 atom stereocenters. The molecule has 0 bridgehead atoms. The quantitative estimate of drug-likeness (QED) is 0.826. The summed E-state index contributed by atoms with van der Waals surface area (Å²) < 4.78 is 0. The van der Waals surface area contributed by atoms with Crippen LogP contribution in [0.15, 0.2) is 54.8 Å². The number of benzene rings is 1. The molecule has 0 saturated heterocycles. The number of pyridine rings is 1. The third kappa shape index (κ3) is 4.17. The lowest BCUT2D eigenvalue weighted by molar-refractivity contribution is 0.342. The Hall–Kier alpha value is -2.13. The molecule has 0 unspecified atom stereocenters. The van der Waals surface area contributed by atoms with Crippen LogP contribution in [0.2, 0.25) is 0 Å². The Morgan fingerprint density at radius 1 is 1.24 bits per heavy atom. The molecule has 0 spiro atoms. The number of hydrogen-bond donors (Lipinski definition) is 1. The van der Waals surface area contributed by atoms with Crippen molar-refractivity contribution >= 4 is 10.9 Å². The fourth-order valence-electron chi connectivity index (χ4n) is 2.36. The van der Waals surface area contributed by atoms with E-state index in [1.54, 1.807) is 6.08 Å². The molecule has 3 nitrogen and oxygen atoms in total. The van der Waals surface area contributed by atoms with Gasteiger partial charge in [-0.1, -0.05) is 36.4 Å². The van der Waals surface area contributed by atoms with Crippen molar-refractivity contribution in [3.05, 3.63) is 66.0 Å². The fraction of sp³-hybridized carbons (Fsp3) is 0.278. The average Bonchev–Trinajstić information content (AvgIpc) is 2.48. The first-order chi connectivity index (χ1) is 10.2. The molecule has 21 heavy (non-hydrogen) atoms. The first-order valence-electron chi connectivity index (χ1n) is 7.21. The van der Waals surface area contributed by atoms with E-state index >= 15 is 0 Å². The largest absolute Gasteiger partial charge is 0.392 e. The van der Waals surface area contributed by atoms with Gasteiger partial charge in [0.1, 0.15) is 0 Å². The second kappa shape index (κ2) is 7.60. The Balaban J connectivity index is 2.37. The monoisotopic (exact) mass is 282 g/mol. The zero-order valence-corrected chi connectivity index (χ0v) is 12.7. The van der Waals surface area contributed by atoms with Gasteiger partial charge in [0, 0.05) is 31.1 Å². The Labute approximate surface area is 126 Å². The van der Waals surface area contributed by atoms with Gasteiger partial charge in [-0.3, -0.25) is 4.98 Å². The van der Waals surface area contributed by atoms with Crippen LogP contribution in [0, 0.1) is 0 Å². The van der Waals surface area contributed by atoms with Gasteiger partial charge in [-0.2, -0.15) is 0 Å². The number of para-hydroxylation sites is 1. The topological polar surface area (TPSA) is 36.4 Å². The Kier molecular flexibility index (Phi) is 5.52. The van der Waals surface area contributed by atoms with E-state index in [-0.39, 0.29) is 6.61 Å². The van der Waals surface area contributed by atoms with Crippen LogP contribution in [-0.4, -0.2) is 28.6 Å². The molecule has 2 rings (SSSR count). The van der Waals surface area contributed by atoms with Crippen molar-refractivity contribution in [2.45, 2.75) is 19.9 Å². The summed E-state index contributed by atoms with van der Waals surface area (Å²) in [5.74, 6) is 0. The number of aromatic nitrogens is 1. The van der Waals surface area contributed by atoms with Crippen molar-refractivity contribution in [3.63, 3.8) is 0 Å². The van der Waals surface area contributed by atoms with Gasteiger partial charge in [0.25, 0.3) is 0 Å². The van der Waals surface area contributed by atoms with Gasteiger partial charge in [0.2, 0.25) is 0 Å². The third-order valence-electron chi connectivity index (χ3n) is 3.30. The first-order valence-corrected chi connectivity index (χ1v) is 7.21. The number of hydrogen-bond acceptors (Lipinski definition) is 3. The summed E-state index contributed by atoms with van der Waals surface area (Å²) in [6.45, 7) is 2.91. The van der Waals surface area contributed by atoms with E-state index in [4.69, 9.17) is 10.1 Å². The van der Waals surface area contributed by atoms with Crippen molar-refractivity contribution in [3.8, 4) is 0 Å². The number of fused-ring (bicyclic) bond motifs is 1. The summed E-state index contributed by atoms with van der Waals surface area (Å²) in [6.07, 6.45) is 8.55. The highest BCUT2D eigenvalue weighted by atomic mass is 16.2. The summed E-state index contributed by atoms with van der Waals surface area (Å²) >= 11 is 0. The molecule has 0 aliphatic rings. The molecule has 1 aromatic carbocycles. The van der Waals surface area contributed by atoms with Crippen LogP contribution < -0.4 is 0 Å². The molecule has 3 heteroatoms. The number of aliphatic hydroxyl groups excluding tert-OH is 1. The van der Waals surface area contributed by atoms with Crippen molar-refractivity contribution in [2.75, 3.05) is 13.7 Å². The van der Waals surface area contributed by atoms with E-state index in [0.29, 0.717) is 0 Å². The number of allylic oxidation sites excluding steroid dienone is 2. The molecular formula is C18H22N2O. The predicted octanol–water partition coefficient (Wildman–Crippen LogP) is 3.29. The average molecular weight is 282 g/mol. The Morgan fingerprint density at radius 3 is 2.81 bits per heavy atom. The minimum absolute atomic E-state index is 0.0708. The summed E-state index contributed by atoms with van der Waals surface area (Å²) in [7, 11) is 2.06. The molecule has 2 aromatic rings.